The van der Waals surface area contributed by atoms with Crippen molar-refractivity contribution in [2.24, 2.45) is 0 Å². The maximum Gasteiger partial charge on any atom is 0.273 e. The van der Waals surface area contributed by atoms with Crippen molar-refractivity contribution in [2.75, 3.05) is 5.32 Å². The monoisotopic (exact) mass is 381 g/mol. The fraction of sp³-hybridized carbons (Fsp3) is 0. The molecule has 0 aliphatic rings. The number of H-pyrrole nitrogens is 1. The van der Waals surface area contributed by atoms with E-state index in [1.165, 1.54) is 11.5 Å². The minimum absolute atomic E-state index is 0.270. The molecule has 0 aliphatic heterocycles. The number of carbonyl (C=O) groups is 1. The second-order valence-electron chi connectivity index (χ2n) is 5.50. The first kappa shape index (κ1) is 16.4. The fourth-order valence-corrected chi connectivity index (χ4v) is 3.10. The van der Waals surface area contributed by atoms with Crippen LogP contribution in [0, 0.1) is 0 Å². The molecule has 6 nitrogen and oxygen atoms in total. The molecule has 2 aromatic carbocycles. The Morgan fingerprint density at radius 1 is 1.04 bits per heavy atom. The summed E-state index contributed by atoms with van der Waals surface area (Å²) in [7, 11) is 0. The second-order valence-corrected chi connectivity index (χ2v) is 6.55. The minimum Gasteiger partial charge on any atom is -0.321 e. The highest BCUT2D eigenvalue weighted by molar-refractivity contribution is 7.03. The van der Waals surface area contributed by atoms with Crippen LogP contribution in [0.1, 0.15) is 10.5 Å². The first-order valence-corrected chi connectivity index (χ1v) is 8.91. The molecule has 0 fully saturated rings. The van der Waals surface area contributed by atoms with Gasteiger partial charge in [0.2, 0.25) is 0 Å². The average Bonchev–Trinajstić information content (AvgIpc) is 3.35. The number of aromatic amines is 1. The van der Waals surface area contributed by atoms with Crippen molar-refractivity contribution in [1.82, 2.24) is 19.8 Å². The van der Waals surface area contributed by atoms with Crippen LogP contribution in [0.2, 0.25) is 5.02 Å². The molecule has 0 aliphatic carbocycles. The SMILES string of the molecule is O=C(Nc1ccc(-c2csnn2)cc1)c1cc(-c2cccc(Cl)c2)n[nH]1. The highest BCUT2D eigenvalue weighted by Gasteiger charge is 2.12. The van der Waals surface area contributed by atoms with Gasteiger partial charge in [-0.1, -0.05) is 40.4 Å². The Kier molecular flexibility index (Phi) is 4.47. The number of rotatable bonds is 4. The van der Waals surface area contributed by atoms with E-state index in [9.17, 15) is 4.79 Å². The molecule has 1 amide bonds. The smallest absolute Gasteiger partial charge is 0.273 e. The van der Waals surface area contributed by atoms with Gasteiger partial charge in [0, 0.05) is 27.2 Å². The first-order valence-electron chi connectivity index (χ1n) is 7.69. The van der Waals surface area contributed by atoms with Gasteiger partial charge in [-0.2, -0.15) is 5.10 Å². The van der Waals surface area contributed by atoms with Crippen LogP contribution in [0.4, 0.5) is 5.69 Å². The van der Waals surface area contributed by atoms with Crippen LogP contribution < -0.4 is 5.32 Å². The van der Waals surface area contributed by atoms with Gasteiger partial charge in [0.25, 0.3) is 5.91 Å². The van der Waals surface area contributed by atoms with E-state index in [1.54, 1.807) is 18.2 Å². The molecule has 4 rings (SSSR count). The van der Waals surface area contributed by atoms with Crippen LogP contribution >= 0.6 is 23.1 Å². The van der Waals surface area contributed by atoms with Gasteiger partial charge in [0.1, 0.15) is 11.4 Å². The summed E-state index contributed by atoms with van der Waals surface area (Å²) in [6, 6.07) is 16.4. The molecule has 2 N–H and O–H groups in total. The van der Waals surface area contributed by atoms with Gasteiger partial charge in [-0.25, -0.2) is 0 Å². The van der Waals surface area contributed by atoms with Gasteiger partial charge in [0.05, 0.1) is 5.69 Å². The lowest BCUT2D eigenvalue weighted by molar-refractivity contribution is 0.102. The molecule has 2 heterocycles. The molecule has 26 heavy (non-hydrogen) atoms. The van der Waals surface area contributed by atoms with Crippen molar-refractivity contribution in [3.05, 3.63) is 70.7 Å². The Hall–Kier alpha value is -3.03. The third-order valence-corrected chi connectivity index (χ3v) is 4.48. The Morgan fingerprint density at radius 2 is 1.88 bits per heavy atom. The highest BCUT2D eigenvalue weighted by Crippen LogP contribution is 2.23. The summed E-state index contributed by atoms with van der Waals surface area (Å²) in [4.78, 5) is 12.4. The van der Waals surface area contributed by atoms with Crippen LogP contribution in [-0.4, -0.2) is 25.7 Å². The quantitative estimate of drug-likeness (QED) is 0.545. The Bertz CT molecular complexity index is 1040. The molecule has 0 saturated carbocycles. The fourth-order valence-electron chi connectivity index (χ4n) is 2.45. The maximum absolute atomic E-state index is 12.4. The van der Waals surface area contributed by atoms with Crippen LogP contribution in [0.3, 0.4) is 0 Å². The molecule has 0 saturated heterocycles. The molecule has 0 radical (unpaired) electrons. The summed E-state index contributed by atoms with van der Waals surface area (Å²) in [6.07, 6.45) is 0. The molecule has 4 aromatic rings. The number of hydrogen-bond acceptors (Lipinski definition) is 5. The Balaban J connectivity index is 1.48. The van der Waals surface area contributed by atoms with Gasteiger partial charge in [-0.05, 0) is 41.9 Å². The molecule has 0 unspecified atom stereocenters. The summed E-state index contributed by atoms with van der Waals surface area (Å²) in [5.41, 5.74) is 4.31. The van der Waals surface area contributed by atoms with Crippen LogP contribution in [-0.2, 0) is 0 Å². The predicted octanol–water partition coefficient (Wildman–Crippen LogP) is 4.50. The van der Waals surface area contributed by atoms with E-state index in [0.717, 1.165) is 16.8 Å². The van der Waals surface area contributed by atoms with Crippen molar-refractivity contribution in [2.45, 2.75) is 0 Å². The number of nitrogens with one attached hydrogen (secondary N) is 2. The summed E-state index contributed by atoms with van der Waals surface area (Å²) in [5, 5.41) is 16.3. The number of carbonyl (C=O) groups excluding carboxylic acids is 1. The number of benzene rings is 2. The number of halogens is 1. The summed E-state index contributed by atoms with van der Waals surface area (Å²) in [5.74, 6) is -0.270. The summed E-state index contributed by atoms with van der Waals surface area (Å²) < 4.78 is 3.84. The summed E-state index contributed by atoms with van der Waals surface area (Å²) in [6.45, 7) is 0. The molecule has 0 bridgehead atoms. The average molecular weight is 382 g/mol. The number of anilines is 1. The zero-order valence-corrected chi connectivity index (χ0v) is 14.9. The van der Waals surface area contributed by atoms with Gasteiger partial charge >= 0.3 is 0 Å². The number of hydrogen-bond donors (Lipinski definition) is 2. The zero-order chi connectivity index (χ0) is 17.9. The molecular weight excluding hydrogens is 370 g/mol. The lowest BCUT2D eigenvalue weighted by Crippen LogP contribution is -2.12. The summed E-state index contributed by atoms with van der Waals surface area (Å²) >= 11 is 7.29. The van der Waals surface area contributed by atoms with Gasteiger partial charge in [-0.3, -0.25) is 9.89 Å². The van der Waals surface area contributed by atoms with E-state index in [4.69, 9.17) is 11.6 Å². The predicted molar refractivity (Wildman–Crippen MR) is 102 cm³/mol. The van der Waals surface area contributed by atoms with E-state index in [2.05, 4.69) is 25.1 Å². The van der Waals surface area contributed by atoms with E-state index >= 15 is 0 Å². The van der Waals surface area contributed by atoms with Gasteiger partial charge in [-0.15, -0.1) is 5.10 Å². The zero-order valence-electron chi connectivity index (χ0n) is 13.3. The van der Waals surface area contributed by atoms with E-state index in [-0.39, 0.29) is 5.91 Å². The van der Waals surface area contributed by atoms with Crippen LogP contribution in [0.25, 0.3) is 22.5 Å². The molecule has 128 valence electrons. The van der Waals surface area contributed by atoms with Gasteiger partial charge < -0.3 is 5.32 Å². The minimum atomic E-state index is -0.270. The normalized spacial score (nSPS) is 10.7. The highest BCUT2D eigenvalue weighted by atomic mass is 35.5. The topological polar surface area (TPSA) is 83.6 Å². The Labute approximate surface area is 158 Å². The van der Waals surface area contributed by atoms with Crippen molar-refractivity contribution < 1.29 is 4.79 Å². The Morgan fingerprint density at radius 3 is 2.62 bits per heavy atom. The molecular formula is C18H12ClN5OS. The van der Waals surface area contributed by atoms with Crippen molar-refractivity contribution in [1.29, 1.82) is 0 Å². The number of amides is 1. The van der Waals surface area contributed by atoms with Crippen molar-refractivity contribution in [3.8, 4) is 22.5 Å². The van der Waals surface area contributed by atoms with Crippen molar-refractivity contribution >= 4 is 34.7 Å². The number of aromatic nitrogens is 4. The molecule has 8 heteroatoms. The third kappa shape index (κ3) is 3.49. The third-order valence-electron chi connectivity index (χ3n) is 3.74. The lowest BCUT2D eigenvalue weighted by Gasteiger charge is -2.04. The molecule has 0 spiro atoms. The van der Waals surface area contributed by atoms with E-state index in [1.807, 2.05) is 41.8 Å². The van der Waals surface area contributed by atoms with Crippen LogP contribution in [0.5, 0.6) is 0 Å². The largest absolute Gasteiger partial charge is 0.321 e. The first-order chi connectivity index (χ1) is 12.7. The van der Waals surface area contributed by atoms with Crippen molar-refractivity contribution in [3.63, 3.8) is 0 Å². The lowest BCUT2D eigenvalue weighted by atomic mass is 10.1. The van der Waals surface area contributed by atoms with E-state index in [0.29, 0.717) is 22.1 Å². The van der Waals surface area contributed by atoms with Crippen LogP contribution in [0.15, 0.2) is 60.0 Å². The molecule has 2 aromatic heterocycles. The standard InChI is InChI=1S/C18H12ClN5OS/c19-13-3-1-2-12(8-13)15-9-16(22-21-15)18(25)20-14-6-4-11(5-7-14)17-10-26-24-23-17/h1-10H,(H,20,25)(H,21,22). The second kappa shape index (κ2) is 7.07. The maximum atomic E-state index is 12.4. The van der Waals surface area contributed by atoms with E-state index < -0.39 is 0 Å². The number of nitrogens with zero attached hydrogens (tertiary/aromatic N) is 3. The molecule has 0 atom stereocenters. The van der Waals surface area contributed by atoms with Gasteiger partial charge in [0.15, 0.2) is 0 Å².